The quantitative estimate of drug-likeness (QED) is 0.344. The molecule has 1 aliphatic rings. The molecule has 1 heterocycles. The van der Waals surface area contributed by atoms with Crippen molar-refractivity contribution in [2.75, 3.05) is 6.61 Å². The molecule has 0 saturated carbocycles. The van der Waals surface area contributed by atoms with Crippen LogP contribution in [0.15, 0.2) is 12.2 Å². The van der Waals surface area contributed by atoms with Gasteiger partial charge in [-0.05, 0) is 32.1 Å². The van der Waals surface area contributed by atoms with Gasteiger partial charge in [-0.1, -0.05) is 51.7 Å². The number of ether oxygens (including phenoxy) is 1. The molecule has 0 N–H and O–H groups in total. The largest absolute Gasteiger partial charge is 0.377 e. The second-order valence-electron chi connectivity index (χ2n) is 5.73. The van der Waals surface area contributed by atoms with Crippen molar-refractivity contribution in [3.63, 3.8) is 0 Å². The molecule has 1 aliphatic heterocycles. The molecule has 0 aliphatic carbocycles. The van der Waals surface area contributed by atoms with E-state index in [0.717, 1.165) is 51.4 Å². The highest BCUT2D eigenvalue weighted by Crippen LogP contribution is 2.35. The van der Waals surface area contributed by atoms with Crippen molar-refractivity contribution in [1.82, 2.24) is 0 Å². The summed E-state index contributed by atoms with van der Waals surface area (Å²) in [5.74, 6) is 0. The first-order valence-corrected chi connectivity index (χ1v) is 8.04. The standard InChI is InChI=1S/C17H30O2/c1-3-5-7-9-13-17(15-18,12-6-4-2)16-11-8-10-14-19-16/h9,13,15-16H,3-8,10-12,14H2,1-2H3/b13-9+/t16-,17-/m1/s1. The van der Waals surface area contributed by atoms with Crippen LogP contribution in [0.3, 0.4) is 0 Å². The molecule has 0 aromatic carbocycles. The Balaban J connectivity index is 2.73. The summed E-state index contributed by atoms with van der Waals surface area (Å²) in [7, 11) is 0. The Morgan fingerprint density at radius 1 is 1.21 bits per heavy atom. The maximum Gasteiger partial charge on any atom is 0.132 e. The van der Waals surface area contributed by atoms with Gasteiger partial charge in [0, 0.05) is 6.61 Å². The second kappa shape index (κ2) is 9.30. The fourth-order valence-corrected chi connectivity index (χ4v) is 2.80. The number of allylic oxidation sites excluding steroid dienone is 1. The summed E-state index contributed by atoms with van der Waals surface area (Å²) in [6.07, 6.45) is 15.6. The van der Waals surface area contributed by atoms with E-state index < -0.39 is 0 Å². The lowest BCUT2D eigenvalue weighted by Crippen LogP contribution is -2.39. The lowest BCUT2D eigenvalue weighted by Gasteiger charge is -2.36. The van der Waals surface area contributed by atoms with Gasteiger partial charge in [-0.25, -0.2) is 0 Å². The van der Waals surface area contributed by atoms with Gasteiger partial charge in [-0.15, -0.1) is 0 Å². The molecule has 19 heavy (non-hydrogen) atoms. The van der Waals surface area contributed by atoms with Crippen LogP contribution in [-0.2, 0) is 9.53 Å². The average Bonchev–Trinajstić information content (AvgIpc) is 2.48. The summed E-state index contributed by atoms with van der Waals surface area (Å²) in [5.41, 5.74) is -0.371. The molecule has 2 heteroatoms. The van der Waals surface area contributed by atoms with Crippen LogP contribution >= 0.6 is 0 Å². The highest BCUT2D eigenvalue weighted by Gasteiger charge is 2.37. The smallest absolute Gasteiger partial charge is 0.132 e. The van der Waals surface area contributed by atoms with Gasteiger partial charge in [0.05, 0.1) is 11.5 Å². The molecule has 0 aromatic heterocycles. The fourth-order valence-electron chi connectivity index (χ4n) is 2.80. The van der Waals surface area contributed by atoms with Gasteiger partial charge in [0.1, 0.15) is 6.29 Å². The van der Waals surface area contributed by atoms with E-state index in [9.17, 15) is 4.79 Å². The zero-order chi connectivity index (χ0) is 14.0. The second-order valence-corrected chi connectivity index (χ2v) is 5.73. The third-order valence-electron chi connectivity index (χ3n) is 4.11. The van der Waals surface area contributed by atoms with Gasteiger partial charge >= 0.3 is 0 Å². The van der Waals surface area contributed by atoms with Crippen molar-refractivity contribution < 1.29 is 9.53 Å². The maximum absolute atomic E-state index is 11.8. The van der Waals surface area contributed by atoms with Crippen LogP contribution < -0.4 is 0 Å². The van der Waals surface area contributed by atoms with Crippen LogP contribution in [0.4, 0.5) is 0 Å². The topological polar surface area (TPSA) is 26.3 Å². The molecular formula is C17H30O2. The van der Waals surface area contributed by atoms with Crippen molar-refractivity contribution in [2.24, 2.45) is 5.41 Å². The Kier molecular flexibility index (Phi) is 8.04. The monoisotopic (exact) mass is 266 g/mol. The Hall–Kier alpha value is -0.630. The molecule has 2 atom stereocenters. The minimum Gasteiger partial charge on any atom is -0.377 e. The molecule has 1 rings (SSSR count). The predicted octanol–water partition coefficient (Wildman–Crippen LogP) is 4.68. The van der Waals surface area contributed by atoms with Crippen molar-refractivity contribution in [1.29, 1.82) is 0 Å². The molecule has 0 unspecified atom stereocenters. The zero-order valence-electron chi connectivity index (χ0n) is 12.7. The van der Waals surface area contributed by atoms with E-state index in [0.29, 0.717) is 0 Å². The summed E-state index contributed by atoms with van der Waals surface area (Å²) in [6, 6.07) is 0. The van der Waals surface area contributed by atoms with Gasteiger partial charge in [0.15, 0.2) is 0 Å². The average molecular weight is 266 g/mol. The molecule has 0 aromatic rings. The van der Waals surface area contributed by atoms with Crippen molar-refractivity contribution in [3.8, 4) is 0 Å². The van der Waals surface area contributed by atoms with Crippen molar-refractivity contribution >= 4 is 6.29 Å². The molecule has 0 spiro atoms. The Bertz CT molecular complexity index is 266. The zero-order valence-corrected chi connectivity index (χ0v) is 12.7. The van der Waals surface area contributed by atoms with Crippen LogP contribution in [-0.4, -0.2) is 19.0 Å². The van der Waals surface area contributed by atoms with E-state index in [1.165, 1.54) is 19.3 Å². The number of carbonyl (C=O) groups is 1. The van der Waals surface area contributed by atoms with E-state index in [4.69, 9.17) is 4.74 Å². The number of carbonyl (C=O) groups excluding carboxylic acids is 1. The Labute approximate surface area is 118 Å². The first-order valence-electron chi connectivity index (χ1n) is 8.04. The van der Waals surface area contributed by atoms with Gasteiger partial charge in [0.25, 0.3) is 0 Å². The molecular weight excluding hydrogens is 236 g/mol. The lowest BCUT2D eigenvalue weighted by atomic mass is 9.75. The van der Waals surface area contributed by atoms with E-state index >= 15 is 0 Å². The minimum absolute atomic E-state index is 0.100. The third-order valence-corrected chi connectivity index (χ3v) is 4.11. The Morgan fingerprint density at radius 3 is 2.58 bits per heavy atom. The van der Waals surface area contributed by atoms with Gasteiger partial charge < -0.3 is 9.53 Å². The lowest BCUT2D eigenvalue weighted by molar-refractivity contribution is -0.125. The summed E-state index contributed by atoms with van der Waals surface area (Å²) in [4.78, 5) is 11.8. The number of hydrogen-bond donors (Lipinski definition) is 0. The van der Waals surface area contributed by atoms with Crippen LogP contribution in [0.1, 0.15) is 71.6 Å². The molecule has 1 fully saturated rings. The molecule has 2 nitrogen and oxygen atoms in total. The SMILES string of the molecule is CCCC/C=C/[C@@](C=O)(CCCC)[C@H]1CCCCO1. The number of aldehydes is 1. The maximum atomic E-state index is 11.8. The van der Waals surface area contributed by atoms with E-state index in [1.54, 1.807) is 0 Å². The summed E-state index contributed by atoms with van der Waals surface area (Å²) in [5, 5.41) is 0. The first kappa shape index (κ1) is 16.4. The predicted molar refractivity (Wildman–Crippen MR) is 80.3 cm³/mol. The third kappa shape index (κ3) is 5.10. The molecule has 0 amide bonds. The van der Waals surface area contributed by atoms with Gasteiger partial charge in [-0.2, -0.15) is 0 Å². The summed E-state index contributed by atoms with van der Waals surface area (Å²) < 4.78 is 5.91. The normalized spacial score (nSPS) is 23.4. The van der Waals surface area contributed by atoms with E-state index in [2.05, 4.69) is 26.0 Å². The molecule has 0 radical (unpaired) electrons. The van der Waals surface area contributed by atoms with Crippen molar-refractivity contribution in [3.05, 3.63) is 12.2 Å². The summed E-state index contributed by atoms with van der Waals surface area (Å²) in [6.45, 7) is 5.19. The highest BCUT2D eigenvalue weighted by atomic mass is 16.5. The van der Waals surface area contributed by atoms with E-state index in [-0.39, 0.29) is 11.5 Å². The van der Waals surface area contributed by atoms with Crippen LogP contribution in [0, 0.1) is 5.41 Å². The van der Waals surface area contributed by atoms with Gasteiger partial charge in [-0.3, -0.25) is 0 Å². The van der Waals surface area contributed by atoms with Crippen LogP contribution in [0.25, 0.3) is 0 Å². The number of hydrogen-bond acceptors (Lipinski definition) is 2. The first-order chi connectivity index (χ1) is 9.29. The highest BCUT2D eigenvalue weighted by molar-refractivity contribution is 5.64. The van der Waals surface area contributed by atoms with E-state index in [1.807, 2.05) is 0 Å². The molecule has 1 saturated heterocycles. The number of unbranched alkanes of at least 4 members (excludes halogenated alkanes) is 3. The van der Waals surface area contributed by atoms with Crippen LogP contribution in [0.2, 0.25) is 0 Å². The Morgan fingerprint density at radius 2 is 2.00 bits per heavy atom. The van der Waals surface area contributed by atoms with Crippen molar-refractivity contribution in [2.45, 2.75) is 77.7 Å². The minimum atomic E-state index is -0.371. The van der Waals surface area contributed by atoms with Crippen LogP contribution in [0.5, 0.6) is 0 Å². The fraction of sp³-hybridized carbons (Fsp3) is 0.824. The molecule has 0 bridgehead atoms. The number of rotatable bonds is 9. The van der Waals surface area contributed by atoms with Gasteiger partial charge in [0.2, 0.25) is 0 Å². The summed E-state index contributed by atoms with van der Waals surface area (Å²) >= 11 is 0. The molecule has 110 valence electrons.